The first-order chi connectivity index (χ1) is 9.34. The van der Waals surface area contributed by atoms with Crippen molar-refractivity contribution >= 4 is 0 Å². The first kappa shape index (κ1) is 11.2. The molecular formula is C16H19N3. The first-order valence-electron chi connectivity index (χ1n) is 7.09. The second kappa shape index (κ2) is 4.20. The summed E-state index contributed by atoms with van der Waals surface area (Å²) < 4.78 is 2.24. The van der Waals surface area contributed by atoms with Crippen LogP contribution in [0, 0.1) is 5.92 Å². The molecular weight excluding hydrogens is 234 g/mol. The lowest BCUT2D eigenvalue weighted by molar-refractivity contribution is 0.0807. The molecule has 3 aliphatic rings. The maximum absolute atomic E-state index is 4.17. The molecule has 3 heteroatoms. The summed E-state index contributed by atoms with van der Waals surface area (Å²) in [5.74, 6) is 0.923. The third-order valence-electron chi connectivity index (χ3n) is 4.74. The Bertz CT molecular complexity index is 541. The summed E-state index contributed by atoms with van der Waals surface area (Å²) in [5.41, 5.74) is 1.82. The molecule has 1 aromatic heterocycles. The Morgan fingerprint density at radius 3 is 2.79 bits per heavy atom. The Kier molecular flexibility index (Phi) is 2.49. The minimum Gasteiger partial charge on any atom is -0.336 e. The Morgan fingerprint density at radius 1 is 1.21 bits per heavy atom. The van der Waals surface area contributed by atoms with Crippen LogP contribution in [0.1, 0.15) is 18.4 Å². The second-order valence-electron chi connectivity index (χ2n) is 6.10. The van der Waals surface area contributed by atoms with Gasteiger partial charge in [-0.05, 0) is 24.3 Å². The molecule has 2 aromatic rings. The van der Waals surface area contributed by atoms with E-state index < -0.39 is 0 Å². The van der Waals surface area contributed by atoms with Gasteiger partial charge < -0.3 is 4.57 Å². The zero-order valence-corrected chi connectivity index (χ0v) is 11.1. The van der Waals surface area contributed by atoms with E-state index in [9.17, 15) is 0 Å². The highest BCUT2D eigenvalue weighted by Gasteiger charge is 2.55. The summed E-state index contributed by atoms with van der Waals surface area (Å²) in [7, 11) is 0. The van der Waals surface area contributed by atoms with E-state index >= 15 is 0 Å². The summed E-state index contributed by atoms with van der Waals surface area (Å²) in [5, 5.41) is 0. The van der Waals surface area contributed by atoms with Gasteiger partial charge in [0.25, 0.3) is 0 Å². The van der Waals surface area contributed by atoms with Crippen LogP contribution in [-0.2, 0) is 13.1 Å². The summed E-state index contributed by atoms with van der Waals surface area (Å²) in [6.07, 6.45) is 8.63. The topological polar surface area (TPSA) is 21.1 Å². The fourth-order valence-electron chi connectivity index (χ4n) is 3.89. The molecule has 0 radical (unpaired) electrons. The zero-order valence-electron chi connectivity index (χ0n) is 11.1. The van der Waals surface area contributed by atoms with Crippen molar-refractivity contribution in [2.75, 3.05) is 6.54 Å². The normalized spacial score (nSPS) is 29.4. The standard InChI is InChI=1S/C16H19N3/c1-2-4-14(5-3-1)10-19-11-15-8-16(19,9-15)12-18-7-6-17-13-18/h1-7,13,15H,8-12H2. The van der Waals surface area contributed by atoms with Crippen molar-refractivity contribution in [1.29, 1.82) is 0 Å². The Balaban J connectivity index is 1.53. The summed E-state index contributed by atoms with van der Waals surface area (Å²) in [6.45, 7) is 3.45. The van der Waals surface area contributed by atoms with Gasteiger partial charge >= 0.3 is 0 Å². The monoisotopic (exact) mass is 253 g/mol. The maximum atomic E-state index is 4.17. The molecule has 3 nitrogen and oxygen atoms in total. The fourth-order valence-corrected chi connectivity index (χ4v) is 3.89. The Hall–Kier alpha value is -1.61. The van der Waals surface area contributed by atoms with Crippen molar-refractivity contribution in [3.8, 4) is 0 Å². The van der Waals surface area contributed by atoms with Crippen molar-refractivity contribution in [3.63, 3.8) is 0 Å². The summed E-state index contributed by atoms with van der Waals surface area (Å²) in [4.78, 5) is 6.85. The molecule has 0 N–H and O–H groups in total. The van der Waals surface area contributed by atoms with E-state index in [2.05, 4.69) is 51.0 Å². The van der Waals surface area contributed by atoms with Gasteiger partial charge in [-0.15, -0.1) is 0 Å². The molecule has 0 unspecified atom stereocenters. The fraction of sp³-hybridized carbons (Fsp3) is 0.438. The van der Waals surface area contributed by atoms with Gasteiger partial charge in [0.2, 0.25) is 0 Å². The molecule has 3 fully saturated rings. The van der Waals surface area contributed by atoms with Crippen LogP contribution in [0.3, 0.4) is 0 Å². The summed E-state index contributed by atoms with van der Waals surface area (Å²) >= 11 is 0. The molecule has 2 aliphatic heterocycles. The number of fused-ring (bicyclic) bond motifs is 1. The maximum Gasteiger partial charge on any atom is 0.0946 e. The van der Waals surface area contributed by atoms with Gasteiger partial charge in [0.1, 0.15) is 0 Å². The SMILES string of the molecule is c1ccc(CN2CC3CC2(Cn2ccnc2)C3)cc1. The lowest BCUT2D eigenvalue weighted by Gasteiger charge is -2.42. The van der Waals surface area contributed by atoms with Gasteiger partial charge in [-0.25, -0.2) is 4.98 Å². The minimum atomic E-state index is 0.390. The molecule has 2 saturated heterocycles. The lowest BCUT2D eigenvalue weighted by atomic mass is 9.73. The largest absolute Gasteiger partial charge is 0.336 e. The van der Waals surface area contributed by atoms with Crippen molar-refractivity contribution in [3.05, 3.63) is 54.6 Å². The van der Waals surface area contributed by atoms with E-state index in [1.54, 1.807) is 0 Å². The van der Waals surface area contributed by atoms with Gasteiger partial charge in [0, 0.05) is 37.6 Å². The van der Waals surface area contributed by atoms with Crippen molar-refractivity contribution in [2.24, 2.45) is 5.92 Å². The molecule has 3 heterocycles. The highest BCUT2D eigenvalue weighted by atomic mass is 15.3. The number of benzene rings is 1. The zero-order chi connectivity index (χ0) is 12.7. The van der Waals surface area contributed by atoms with Gasteiger partial charge in [-0.3, -0.25) is 4.90 Å². The van der Waals surface area contributed by atoms with E-state index in [4.69, 9.17) is 0 Å². The van der Waals surface area contributed by atoms with Crippen molar-refractivity contribution < 1.29 is 0 Å². The summed E-state index contributed by atoms with van der Waals surface area (Å²) in [6, 6.07) is 10.8. The van der Waals surface area contributed by atoms with Crippen LogP contribution in [0.15, 0.2) is 49.1 Å². The molecule has 1 saturated carbocycles. The second-order valence-corrected chi connectivity index (χ2v) is 6.10. The van der Waals surface area contributed by atoms with E-state index in [-0.39, 0.29) is 0 Å². The molecule has 0 atom stereocenters. The van der Waals surface area contributed by atoms with Crippen LogP contribution < -0.4 is 0 Å². The number of nitrogens with zero attached hydrogens (tertiary/aromatic N) is 3. The van der Waals surface area contributed by atoms with Gasteiger partial charge in [0.05, 0.1) is 6.33 Å². The number of imidazole rings is 1. The van der Waals surface area contributed by atoms with Gasteiger partial charge in [-0.1, -0.05) is 30.3 Å². The molecule has 0 amide bonds. The average Bonchev–Trinajstić information content (AvgIpc) is 3.06. The van der Waals surface area contributed by atoms with Crippen molar-refractivity contribution in [2.45, 2.75) is 31.5 Å². The Labute approximate surface area is 113 Å². The van der Waals surface area contributed by atoms with Gasteiger partial charge in [0.15, 0.2) is 0 Å². The van der Waals surface area contributed by atoms with E-state index in [1.807, 2.05) is 12.5 Å². The Morgan fingerprint density at radius 2 is 2.05 bits per heavy atom. The highest BCUT2D eigenvalue weighted by molar-refractivity contribution is 5.18. The highest BCUT2D eigenvalue weighted by Crippen LogP contribution is 2.51. The lowest BCUT2D eigenvalue weighted by Crippen LogP contribution is -2.48. The third-order valence-corrected chi connectivity index (χ3v) is 4.74. The van der Waals surface area contributed by atoms with Gasteiger partial charge in [-0.2, -0.15) is 0 Å². The van der Waals surface area contributed by atoms with E-state index in [0.717, 1.165) is 19.0 Å². The number of hydrogen-bond acceptors (Lipinski definition) is 2. The average molecular weight is 253 g/mol. The predicted octanol–water partition coefficient (Wildman–Crippen LogP) is 2.55. The predicted molar refractivity (Wildman–Crippen MR) is 74.5 cm³/mol. The minimum absolute atomic E-state index is 0.390. The molecule has 5 rings (SSSR count). The molecule has 1 aromatic carbocycles. The van der Waals surface area contributed by atoms with Crippen LogP contribution in [-0.4, -0.2) is 26.5 Å². The van der Waals surface area contributed by atoms with Crippen LogP contribution in [0.4, 0.5) is 0 Å². The third kappa shape index (κ3) is 1.89. The van der Waals surface area contributed by atoms with Crippen LogP contribution in [0.2, 0.25) is 0 Å². The van der Waals surface area contributed by atoms with Crippen LogP contribution >= 0.6 is 0 Å². The molecule has 98 valence electrons. The number of aromatic nitrogens is 2. The molecule has 1 aliphatic carbocycles. The molecule has 19 heavy (non-hydrogen) atoms. The first-order valence-corrected chi connectivity index (χ1v) is 7.09. The van der Waals surface area contributed by atoms with Crippen LogP contribution in [0.5, 0.6) is 0 Å². The van der Waals surface area contributed by atoms with Crippen LogP contribution in [0.25, 0.3) is 0 Å². The smallest absolute Gasteiger partial charge is 0.0946 e. The number of rotatable bonds is 4. The molecule has 2 bridgehead atoms. The van der Waals surface area contributed by atoms with E-state index in [0.29, 0.717) is 5.54 Å². The van der Waals surface area contributed by atoms with Crippen molar-refractivity contribution in [1.82, 2.24) is 14.5 Å². The number of hydrogen-bond donors (Lipinski definition) is 0. The van der Waals surface area contributed by atoms with E-state index in [1.165, 1.54) is 24.9 Å². The quantitative estimate of drug-likeness (QED) is 0.835. The molecule has 0 spiro atoms.